The first-order chi connectivity index (χ1) is 4.88. The van der Waals surface area contributed by atoms with Crippen LogP contribution in [0.2, 0.25) is 0 Å². The molecule has 0 saturated carbocycles. The Bertz CT molecular complexity index is 274. The van der Waals surface area contributed by atoms with Gasteiger partial charge in [-0.3, -0.25) is 0 Å². The second-order valence-corrected chi connectivity index (χ2v) is 2.04. The van der Waals surface area contributed by atoms with Crippen molar-refractivity contribution in [2.75, 3.05) is 5.73 Å². The quantitative estimate of drug-likeness (QED) is 0.523. The summed E-state index contributed by atoms with van der Waals surface area (Å²) in [5, 5.41) is 11.3. The van der Waals surface area contributed by atoms with E-state index < -0.39 is 0 Å². The first-order valence-corrected chi connectivity index (χ1v) is 3.01. The van der Waals surface area contributed by atoms with Gasteiger partial charge < -0.3 is 5.73 Å². The summed E-state index contributed by atoms with van der Waals surface area (Å²) in [6, 6.07) is 0. The average Bonchev–Trinajstić information content (AvgIpc) is 2.34. The summed E-state index contributed by atoms with van der Waals surface area (Å²) >= 11 is 0. The van der Waals surface area contributed by atoms with E-state index in [0.717, 1.165) is 18.7 Å². The van der Waals surface area contributed by atoms with Crippen LogP contribution in [0.25, 0.3) is 0 Å². The van der Waals surface area contributed by atoms with Crippen LogP contribution in [0.15, 0.2) is 5.10 Å². The topological polar surface area (TPSA) is 69.1 Å². The molecule has 51 valence electrons. The Hall–Kier alpha value is -1.39. The summed E-state index contributed by atoms with van der Waals surface area (Å²) < 4.78 is 1.50. The van der Waals surface area contributed by atoms with Gasteiger partial charge >= 0.3 is 0 Å². The number of nitrogen functional groups attached to an aromatic ring is 1. The molecule has 0 unspecified atom stereocenters. The third kappa shape index (κ3) is 0.601. The van der Waals surface area contributed by atoms with E-state index >= 15 is 0 Å². The normalized spacial score (nSPS) is 15.2. The highest BCUT2D eigenvalue weighted by Gasteiger charge is 2.10. The molecule has 0 aromatic carbocycles. The first kappa shape index (κ1) is 5.40. The zero-order valence-corrected chi connectivity index (χ0v) is 5.28. The highest BCUT2D eigenvalue weighted by atomic mass is 15.5. The molecule has 0 atom stereocenters. The number of hydrogen-bond acceptors (Lipinski definition) is 4. The zero-order valence-electron chi connectivity index (χ0n) is 5.28. The van der Waals surface area contributed by atoms with Gasteiger partial charge in [-0.05, 0) is 0 Å². The fourth-order valence-corrected chi connectivity index (χ4v) is 0.879. The van der Waals surface area contributed by atoms with E-state index in [0.29, 0.717) is 5.95 Å². The number of aryl methyl sites for hydroxylation is 1. The number of rotatable bonds is 0. The summed E-state index contributed by atoms with van der Waals surface area (Å²) in [7, 11) is 0. The largest absolute Gasteiger partial charge is 0.366 e. The van der Waals surface area contributed by atoms with E-state index in [1.807, 2.05) is 0 Å². The van der Waals surface area contributed by atoms with Gasteiger partial charge in [-0.15, -0.1) is 10.2 Å². The van der Waals surface area contributed by atoms with Crippen LogP contribution in [-0.2, 0) is 6.42 Å². The lowest BCUT2D eigenvalue weighted by Crippen LogP contribution is -2.06. The molecule has 2 N–H and O–H groups in total. The summed E-state index contributed by atoms with van der Waals surface area (Å²) in [5.41, 5.74) is 5.42. The predicted molar refractivity (Wildman–Crippen MR) is 35.6 cm³/mol. The van der Waals surface area contributed by atoms with Crippen molar-refractivity contribution in [3.63, 3.8) is 0 Å². The monoisotopic (exact) mass is 136 g/mol. The van der Waals surface area contributed by atoms with Gasteiger partial charge in [0, 0.05) is 12.8 Å². The molecule has 0 fully saturated rings. The number of fused-ring (bicyclic) bond motifs is 1. The molecule has 2 heterocycles. The average molecular weight is 136 g/mol. The molecule has 0 amide bonds. The number of anilines is 1. The highest BCUT2D eigenvalue weighted by Crippen LogP contribution is 2.08. The standard InChI is InChI=1S/C5H6N5/c6-5-9-8-4-2-1-3-7-10(4)5/h1-2H2,(H2,6,9). The summed E-state index contributed by atoms with van der Waals surface area (Å²) in [6.07, 6.45) is 4.43. The van der Waals surface area contributed by atoms with Crippen LogP contribution in [0.3, 0.4) is 0 Å². The van der Waals surface area contributed by atoms with Crippen LogP contribution < -0.4 is 5.73 Å². The van der Waals surface area contributed by atoms with Crippen LogP contribution in [0.4, 0.5) is 5.95 Å². The summed E-state index contributed by atoms with van der Waals surface area (Å²) in [4.78, 5) is 0. The third-order valence-corrected chi connectivity index (χ3v) is 1.36. The van der Waals surface area contributed by atoms with Gasteiger partial charge in [0.15, 0.2) is 5.82 Å². The number of nitrogens with two attached hydrogens (primary N) is 1. The van der Waals surface area contributed by atoms with E-state index in [1.165, 1.54) is 4.68 Å². The molecular formula is C5H6N5. The van der Waals surface area contributed by atoms with Crippen molar-refractivity contribution >= 4 is 12.2 Å². The van der Waals surface area contributed by atoms with Gasteiger partial charge in [0.05, 0.1) is 6.21 Å². The number of aromatic nitrogens is 3. The summed E-state index contributed by atoms with van der Waals surface area (Å²) in [5.74, 6) is 1.15. The number of hydrogen-bond donors (Lipinski definition) is 1. The van der Waals surface area contributed by atoms with E-state index in [2.05, 4.69) is 21.5 Å². The molecule has 1 radical (unpaired) electrons. The van der Waals surface area contributed by atoms with E-state index in [9.17, 15) is 0 Å². The predicted octanol–water partition coefficient (Wildman–Crippen LogP) is -0.483. The van der Waals surface area contributed by atoms with Crippen LogP contribution >= 0.6 is 0 Å². The molecule has 1 aromatic rings. The Balaban J connectivity index is 2.57. The fraction of sp³-hybridized carbons (Fsp3) is 0.400. The van der Waals surface area contributed by atoms with Gasteiger partial charge in [-0.25, -0.2) is 0 Å². The van der Waals surface area contributed by atoms with Crippen molar-refractivity contribution in [3.05, 3.63) is 5.82 Å². The van der Waals surface area contributed by atoms with Crippen LogP contribution in [0.5, 0.6) is 0 Å². The van der Waals surface area contributed by atoms with E-state index in [-0.39, 0.29) is 0 Å². The Morgan fingerprint density at radius 1 is 1.50 bits per heavy atom. The molecule has 0 aliphatic carbocycles. The fourth-order valence-electron chi connectivity index (χ4n) is 0.879. The van der Waals surface area contributed by atoms with Crippen LogP contribution in [-0.4, -0.2) is 21.1 Å². The SMILES string of the molecule is Nc1nnc2n1N=[C]CC2. The van der Waals surface area contributed by atoms with Crippen molar-refractivity contribution in [3.8, 4) is 0 Å². The molecule has 0 bridgehead atoms. The Kier molecular flexibility index (Phi) is 0.969. The minimum atomic E-state index is 0.335. The van der Waals surface area contributed by atoms with Crippen molar-refractivity contribution in [1.29, 1.82) is 0 Å². The van der Waals surface area contributed by atoms with Gasteiger partial charge in [0.25, 0.3) is 0 Å². The third-order valence-electron chi connectivity index (χ3n) is 1.36. The van der Waals surface area contributed by atoms with Crippen molar-refractivity contribution in [1.82, 2.24) is 14.9 Å². The zero-order chi connectivity index (χ0) is 6.97. The maximum Gasteiger partial charge on any atom is 0.243 e. The molecule has 1 aliphatic heterocycles. The molecule has 0 spiro atoms. The highest BCUT2D eigenvalue weighted by molar-refractivity contribution is 5.59. The molecule has 5 nitrogen and oxygen atoms in total. The Labute approximate surface area is 57.6 Å². The molecule has 2 rings (SSSR count). The Morgan fingerprint density at radius 3 is 3.20 bits per heavy atom. The van der Waals surface area contributed by atoms with Crippen molar-refractivity contribution in [2.24, 2.45) is 5.10 Å². The molecule has 0 saturated heterocycles. The summed E-state index contributed by atoms with van der Waals surface area (Å²) in [6.45, 7) is 0. The minimum absolute atomic E-state index is 0.335. The lowest BCUT2D eigenvalue weighted by Gasteiger charge is -2.02. The van der Waals surface area contributed by atoms with E-state index in [4.69, 9.17) is 5.73 Å². The maximum absolute atomic E-state index is 5.42. The van der Waals surface area contributed by atoms with Crippen LogP contribution in [0, 0.1) is 0 Å². The van der Waals surface area contributed by atoms with Gasteiger partial charge in [-0.2, -0.15) is 9.78 Å². The second-order valence-electron chi connectivity index (χ2n) is 2.04. The molecule has 1 aliphatic rings. The van der Waals surface area contributed by atoms with Gasteiger partial charge in [0.2, 0.25) is 5.95 Å². The smallest absolute Gasteiger partial charge is 0.243 e. The lowest BCUT2D eigenvalue weighted by molar-refractivity contribution is 0.747. The maximum atomic E-state index is 5.42. The first-order valence-electron chi connectivity index (χ1n) is 3.01. The van der Waals surface area contributed by atoms with Gasteiger partial charge in [-0.1, -0.05) is 0 Å². The molecule has 5 heteroatoms. The molecular weight excluding hydrogens is 130 g/mol. The van der Waals surface area contributed by atoms with E-state index in [1.54, 1.807) is 0 Å². The van der Waals surface area contributed by atoms with Crippen LogP contribution in [0.1, 0.15) is 12.2 Å². The minimum Gasteiger partial charge on any atom is -0.366 e. The lowest BCUT2D eigenvalue weighted by atomic mass is 10.3. The molecule has 10 heavy (non-hydrogen) atoms. The van der Waals surface area contributed by atoms with Gasteiger partial charge in [0.1, 0.15) is 0 Å². The second kappa shape index (κ2) is 1.80. The number of nitrogens with zero attached hydrogens (tertiary/aromatic N) is 4. The molecule has 1 aromatic heterocycles. The Morgan fingerprint density at radius 2 is 2.40 bits per heavy atom. The van der Waals surface area contributed by atoms with Crippen molar-refractivity contribution < 1.29 is 0 Å². The van der Waals surface area contributed by atoms with Crippen molar-refractivity contribution in [2.45, 2.75) is 12.8 Å².